The normalized spacial score (nSPS) is 11.2. The number of aromatic nitrogens is 2. The van der Waals surface area contributed by atoms with Crippen LogP contribution in [-0.2, 0) is 6.54 Å². The van der Waals surface area contributed by atoms with Gasteiger partial charge in [-0.05, 0) is 56.7 Å². The summed E-state index contributed by atoms with van der Waals surface area (Å²) in [6, 6.07) is 15.9. The van der Waals surface area contributed by atoms with Gasteiger partial charge in [-0.1, -0.05) is 30.0 Å². The highest BCUT2D eigenvalue weighted by Gasteiger charge is 2.17. The van der Waals surface area contributed by atoms with Gasteiger partial charge in [-0.3, -0.25) is 4.79 Å². The highest BCUT2D eigenvalue weighted by atomic mass is 32.2. The molecule has 1 aromatic carbocycles. The summed E-state index contributed by atoms with van der Waals surface area (Å²) < 4.78 is 7.57. The molecule has 28 heavy (non-hydrogen) atoms. The highest BCUT2D eigenvalue weighted by Crippen LogP contribution is 2.25. The monoisotopic (exact) mass is 390 g/mol. The van der Waals surface area contributed by atoms with Crippen molar-refractivity contribution >= 4 is 28.4 Å². The van der Waals surface area contributed by atoms with E-state index < -0.39 is 0 Å². The van der Waals surface area contributed by atoms with E-state index in [0.717, 1.165) is 38.6 Å². The number of furan rings is 1. The Morgan fingerprint density at radius 3 is 2.71 bits per heavy atom. The summed E-state index contributed by atoms with van der Waals surface area (Å²) in [5.41, 5.74) is 4.95. The number of hydrogen-bond acceptors (Lipinski definition) is 4. The van der Waals surface area contributed by atoms with E-state index in [0.29, 0.717) is 12.3 Å². The summed E-state index contributed by atoms with van der Waals surface area (Å²) in [5, 5.41) is 2.04. The second kappa shape index (κ2) is 7.68. The molecule has 142 valence electrons. The van der Waals surface area contributed by atoms with E-state index in [1.807, 2.05) is 50.2 Å². The van der Waals surface area contributed by atoms with Gasteiger partial charge in [0.2, 0.25) is 0 Å². The third kappa shape index (κ3) is 3.62. The molecular formula is C23H22N2O2S. The van der Waals surface area contributed by atoms with Crippen molar-refractivity contribution in [3.05, 3.63) is 83.1 Å². The number of pyridine rings is 1. The van der Waals surface area contributed by atoms with E-state index in [2.05, 4.69) is 28.6 Å². The van der Waals surface area contributed by atoms with Crippen LogP contribution in [0.5, 0.6) is 0 Å². The number of benzene rings is 1. The van der Waals surface area contributed by atoms with Crippen molar-refractivity contribution in [2.75, 3.05) is 5.75 Å². The molecule has 0 fully saturated rings. The molecule has 0 spiro atoms. The predicted molar refractivity (Wildman–Crippen MR) is 113 cm³/mol. The van der Waals surface area contributed by atoms with Crippen molar-refractivity contribution in [2.24, 2.45) is 0 Å². The number of aryl methyl sites for hydroxylation is 2. The maximum atomic E-state index is 12.9. The summed E-state index contributed by atoms with van der Waals surface area (Å²) >= 11 is 1.49. The number of ketones is 1. The van der Waals surface area contributed by atoms with Crippen LogP contribution in [0.25, 0.3) is 10.9 Å². The summed E-state index contributed by atoms with van der Waals surface area (Å²) in [4.78, 5) is 17.6. The summed E-state index contributed by atoms with van der Waals surface area (Å²) in [5.74, 6) is 1.37. The molecule has 0 amide bonds. The molecule has 3 heterocycles. The molecule has 3 aromatic heterocycles. The second-order valence-corrected chi connectivity index (χ2v) is 7.95. The van der Waals surface area contributed by atoms with Crippen LogP contribution in [0.2, 0.25) is 0 Å². The Labute approximate surface area is 168 Å². The van der Waals surface area contributed by atoms with Crippen LogP contribution >= 0.6 is 11.8 Å². The Morgan fingerprint density at radius 1 is 1.11 bits per heavy atom. The number of rotatable bonds is 6. The molecule has 0 atom stereocenters. The van der Waals surface area contributed by atoms with Crippen LogP contribution in [0.3, 0.4) is 0 Å². The molecule has 0 aliphatic carbocycles. The lowest BCUT2D eigenvalue weighted by Gasteiger charge is -2.08. The highest BCUT2D eigenvalue weighted by molar-refractivity contribution is 7.99. The predicted octanol–water partition coefficient (Wildman–Crippen LogP) is 5.58. The second-order valence-electron chi connectivity index (χ2n) is 6.96. The van der Waals surface area contributed by atoms with Gasteiger partial charge < -0.3 is 8.98 Å². The van der Waals surface area contributed by atoms with Crippen molar-refractivity contribution < 1.29 is 9.21 Å². The average molecular weight is 391 g/mol. The number of carbonyl (C=O) groups is 1. The van der Waals surface area contributed by atoms with Gasteiger partial charge in [-0.15, -0.1) is 0 Å². The van der Waals surface area contributed by atoms with E-state index >= 15 is 0 Å². The molecule has 4 nitrogen and oxygen atoms in total. The SMILES string of the molecule is Cc1cc(SCC(=O)c2cc(C)n(Cc3ccco3)c2C)nc2ccccc12. The van der Waals surface area contributed by atoms with Gasteiger partial charge >= 0.3 is 0 Å². The zero-order chi connectivity index (χ0) is 19.7. The molecule has 0 saturated heterocycles. The summed E-state index contributed by atoms with van der Waals surface area (Å²) in [6.07, 6.45) is 1.67. The van der Waals surface area contributed by atoms with Crippen LogP contribution in [0.15, 0.2) is 64.2 Å². The van der Waals surface area contributed by atoms with Crippen LogP contribution in [0.1, 0.15) is 33.1 Å². The van der Waals surface area contributed by atoms with Crippen molar-refractivity contribution in [3.63, 3.8) is 0 Å². The summed E-state index contributed by atoms with van der Waals surface area (Å²) in [7, 11) is 0. The largest absolute Gasteiger partial charge is 0.467 e. The number of thioether (sulfide) groups is 1. The fraction of sp³-hybridized carbons (Fsp3) is 0.217. The Morgan fingerprint density at radius 2 is 1.93 bits per heavy atom. The average Bonchev–Trinajstić information content (AvgIpc) is 3.30. The molecule has 0 aliphatic rings. The number of carbonyl (C=O) groups excluding carboxylic acids is 1. The molecule has 0 aliphatic heterocycles. The Kier molecular flexibility index (Phi) is 5.09. The zero-order valence-corrected chi connectivity index (χ0v) is 17.0. The molecule has 0 radical (unpaired) electrons. The van der Waals surface area contributed by atoms with Crippen molar-refractivity contribution in [1.82, 2.24) is 9.55 Å². The van der Waals surface area contributed by atoms with Crippen molar-refractivity contribution in [3.8, 4) is 0 Å². The first-order chi connectivity index (χ1) is 13.5. The third-order valence-corrected chi connectivity index (χ3v) is 5.93. The molecule has 0 saturated carbocycles. The lowest BCUT2D eigenvalue weighted by molar-refractivity contribution is 0.102. The van der Waals surface area contributed by atoms with E-state index in [1.165, 1.54) is 17.3 Å². The van der Waals surface area contributed by atoms with Gasteiger partial charge in [0.25, 0.3) is 0 Å². The van der Waals surface area contributed by atoms with Gasteiger partial charge in [0.1, 0.15) is 5.76 Å². The number of nitrogens with zero attached hydrogens (tertiary/aromatic N) is 2. The Bertz CT molecular complexity index is 1140. The molecule has 4 aromatic rings. The first-order valence-corrected chi connectivity index (χ1v) is 10.2. The van der Waals surface area contributed by atoms with E-state index in [4.69, 9.17) is 4.42 Å². The molecule has 0 N–H and O–H groups in total. The van der Waals surface area contributed by atoms with Crippen molar-refractivity contribution in [1.29, 1.82) is 0 Å². The number of fused-ring (bicyclic) bond motifs is 1. The minimum absolute atomic E-state index is 0.122. The lowest BCUT2D eigenvalue weighted by atomic mass is 10.1. The minimum atomic E-state index is 0.122. The van der Waals surface area contributed by atoms with Crippen LogP contribution in [0, 0.1) is 20.8 Å². The minimum Gasteiger partial charge on any atom is -0.467 e. The molecule has 0 bridgehead atoms. The lowest BCUT2D eigenvalue weighted by Crippen LogP contribution is -2.07. The molecule has 4 rings (SSSR count). The van der Waals surface area contributed by atoms with E-state index in [1.54, 1.807) is 6.26 Å². The Balaban J connectivity index is 1.51. The maximum absolute atomic E-state index is 12.9. The fourth-order valence-electron chi connectivity index (χ4n) is 3.49. The van der Waals surface area contributed by atoms with Crippen LogP contribution in [-0.4, -0.2) is 21.1 Å². The van der Waals surface area contributed by atoms with Crippen LogP contribution < -0.4 is 0 Å². The topological polar surface area (TPSA) is 48.0 Å². The number of hydrogen-bond donors (Lipinski definition) is 0. The molecular weight excluding hydrogens is 368 g/mol. The summed E-state index contributed by atoms with van der Waals surface area (Å²) in [6.45, 7) is 6.73. The van der Waals surface area contributed by atoms with Gasteiger partial charge in [0.05, 0.1) is 29.1 Å². The zero-order valence-electron chi connectivity index (χ0n) is 16.2. The van der Waals surface area contributed by atoms with Gasteiger partial charge in [0, 0.05) is 22.3 Å². The Hall–Kier alpha value is -2.79. The number of Topliss-reactive ketones (excluding diaryl/α,β-unsaturated/α-hetero) is 1. The quantitative estimate of drug-likeness (QED) is 0.319. The molecule has 5 heteroatoms. The number of para-hydroxylation sites is 1. The van der Waals surface area contributed by atoms with Gasteiger partial charge in [-0.2, -0.15) is 0 Å². The van der Waals surface area contributed by atoms with Crippen LogP contribution in [0.4, 0.5) is 0 Å². The molecule has 0 unspecified atom stereocenters. The first-order valence-electron chi connectivity index (χ1n) is 9.24. The standard InChI is InChI=1S/C23H22N2O2S/c1-15-11-23(24-21-9-5-4-8-19(15)21)28-14-22(26)20-12-16(2)25(17(20)3)13-18-7-6-10-27-18/h4-12H,13-14H2,1-3H3. The van der Waals surface area contributed by atoms with E-state index in [-0.39, 0.29) is 5.78 Å². The van der Waals surface area contributed by atoms with Crippen molar-refractivity contribution in [2.45, 2.75) is 32.3 Å². The smallest absolute Gasteiger partial charge is 0.174 e. The van der Waals surface area contributed by atoms with Gasteiger partial charge in [-0.25, -0.2) is 4.98 Å². The first kappa shape index (κ1) is 18.6. The van der Waals surface area contributed by atoms with E-state index in [9.17, 15) is 4.79 Å². The van der Waals surface area contributed by atoms with Gasteiger partial charge in [0.15, 0.2) is 5.78 Å². The third-order valence-electron chi connectivity index (χ3n) is 5.02. The maximum Gasteiger partial charge on any atom is 0.174 e. The fourth-order valence-corrected chi connectivity index (χ4v) is 4.35.